The number of nitrogens with zero attached hydrogens (tertiary/aromatic N) is 1. The summed E-state index contributed by atoms with van der Waals surface area (Å²) in [5.41, 5.74) is 1.27. The van der Waals surface area contributed by atoms with Crippen LogP contribution in [0.5, 0.6) is 0 Å². The quantitative estimate of drug-likeness (QED) is 0.174. The summed E-state index contributed by atoms with van der Waals surface area (Å²) in [5.74, 6) is 0.782. The van der Waals surface area contributed by atoms with Crippen molar-refractivity contribution in [2.75, 3.05) is 32.0 Å². The Morgan fingerprint density at radius 2 is 1.74 bits per heavy atom. The number of aliphatic hydroxyl groups is 2. The SMILES string of the molecule is C=C/C=C(SCCN1CCC(=C/C)/C(=C\COC(C)(C)C(O)O)CC1)/C(/C=C\C(=C)C(F)(F)F)=C/CC.CC. The van der Waals surface area contributed by atoms with Crippen molar-refractivity contribution in [1.82, 2.24) is 4.90 Å². The molecule has 1 aliphatic rings. The zero-order valence-electron chi connectivity index (χ0n) is 24.5. The van der Waals surface area contributed by atoms with E-state index in [9.17, 15) is 23.4 Å². The predicted molar refractivity (Wildman–Crippen MR) is 161 cm³/mol. The van der Waals surface area contributed by atoms with Gasteiger partial charge in [0, 0.05) is 35.9 Å². The van der Waals surface area contributed by atoms with Crippen LogP contribution < -0.4 is 0 Å². The molecular formula is C31H48F3NO3S. The van der Waals surface area contributed by atoms with Crippen molar-refractivity contribution in [2.24, 2.45) is 0 Å². The molecule has 0 unspecified atom stereocenters. The van der Waals surface area contributed by atoms with Gasteiger partial charge < -0.3 is 19.8 Å². The van der Waals surface area contributed by atoms with Gasteiger partial charge in [-0.15, -0.1) is 11.8 Å². The molecule has 222 valence electrons. The fourth-order valence-electron chi connectivity index (χ4n) is 3.58. The lowest BCUT2D eigenvalue weighted by molar-refractivity contribution is -0.187. The Morgan fingerprint density at radius 1 is 1.13 bits per heavy atom. The Balaban J connectivity index is 0.00000704. The molecule has 4 nitrogen and oxygen atoms in total. The van der Waals surface area contributed by atoms with Gasteiger partial charge in [-0.25, -0.2) is 0 Å². The average Bonchev–Trinajstić information content (AvgIpc) is 3.08. The molecule has 1 rings (SSSR count). The van der Waals surface area contributed by atoms with Crippen molar-refractivity contribution < 1.29 is 28.1 Å². The van der Waals surface area contributed by atoms with E-state index in [1.54, 1.807) is 31.7 Å². The van der Waals surface area contributed by atoms with Crippen molar-refractivity contribution in [3.63, 3.8) is 0 Å². The van der Waals surface area contributed by atoms with Crippen LogP contribution in [0.25, 0.3) is 0 Å². The summed E-state index contributed by atoms with van der Waals surface area (Å²) in [6, 6.07) is 0. The smallest absolute Gasteiger partial charge is 0.366 e. The normalized spacial score (nSPS) is 18.5. The van der Waals surface area contributed by atoms with Gasteiger partial charge in [0.15, 0.2) is 6.29 Å². The van der Waals surface area contributed by atoms with Gasteiger partial charge in [0.25, 0.3) is 0 Å². The average molecular weight is 572 g/mol. The number of aliphatic hydroxyl groups excluding tert-OH is 1. The van der Waals surface area contributed by atoms with Crippen molar-refractivity contribution in [3.8, 4) is 0 Å². The largest absolute Gasteiger partial charge is 0.415 e. The van der Waals surface area contributed by atoms with Crippen LogP contribution in [0.15, 0.2) is 82.9 Å². The maximum Gasteiger partial charge on any atom is 0.415 e. The molecule has 0 aliphatic carbocycles. The third-order valence-electron chi connectivity index (χ3n) is 6.03. The number of hydrogen-bond acceptors (Lipinski definition) is 5. The summed E-state index contributed by atoms with van der Waals surface area (Å²) in [6.45, 7) is 21.0. The van der Waals surface area contributed by atoms with Gasteiger partial charge in [0.05, 0.1) is 6.61 Å². The van der Waals surface area contributed by atoms with E-state index in [4.69, 9.17) is 4.74 Å². The van der Waals surface area contributed by atoms with E-state index in [1.807, 2.05) is 45.9 Å². The summed E-state index contributed by atoms with van der Waals surface area (Å²) >= 11 is 1.60. The van der Waals surface area contributed by atoms with E-state index in [0.29, 0.717) is 13.0 Å². The molecule has 0 atom stereocenters. The van der Waals surface area contributed by atoms with Gasteiger partial charge in [-0.3, -0.25) is 0 Å². The third-order valence-corrected chi connectivity index (χ3v) is 7.10. The molecule has 39 heavy (non-hydrogen) atoms. The van der Waals surface area contributed by atoms with Gasteiger partial charge in [0.2, 0.25) is 0 Å². The van der Waals surface area contributed by atoms with Crippen molar-refractivity contribution in [3.05, 3.63) is 82.9 Å². The molecule has 0 aromatic heterocycles. The van der Waals surface area contributed by atoms with Crippen molar-refractivity contribution >= 4 is 11.8 Å². The number of hydrogen-bond donors (Lipinski definition) is 2. The molecule has 2 N–H and O–H groups in total. The summed E-state index contributed by atoms with van der Waals surface area (Å²) in [6.07, 6.45) is 8.47. The minimum absolute atomic E-state index is 0.295. The molecule has 0 bridgehead atoms. The highest BCUT2D eigenvalue weighted by Crippen LogP contribution is 2.30. The molecule has 1 aliphatic heterocycles. The first-order chi connectivity index (χ1) is 18.3. The van der Waals surface area contributed by atoms with E-state index in [2.05, 4.69) is 24.1 Å². The van der Waals surface area contributed by atoms with Gasteiger partial charge in [-0.2, -0.15) is 13.2 Å². The first kappa shape index (κ1) is 37.2. The van der Waals surface area contributed by atoms with E-state index < -0.39 is 23.6 Å². The zero-order chi connectivity index (χ0) is 30.1. The standard InChI is InChI=1S/C29H42F3NO3S.C2H6/c1-7-10-25(13-12-22(4)29(30,31)32)26(11-8-2)37-21-19-33-17-14-23(9-3)24(15-18-33)16-20-36-28(5,6)27(34)35;1-2/h8-13,16,27,34-35H,2,4,7,14-15,17-21H2,1,3,5-6H3;1-2H3/b13-12-,23-9-,24-16-,25-10+,26-11-;. The van der Waals surface area contributed by atoms with E-state index in [-0.39, 0.29) is 0 Å². The summed E-state index contributed by atoms with van der Waals surface area (Å²) in [7, 11) is 0. The molecule has 1 saturated heterocycles. The monoisotopic (exact) mass is 571 g/mol. The highest BCUT2D eigenvalue weighted by molar-refractivity contribution is 8.03. The fraction of sp³-hybridized carbons (Fsp3) is 0.548. The Kier molecular flexibility index (Phi) is 18.4. The van der Waals surface area contributed by atoms with E-state index in [1.165, 1.54) is 17.2 Å². The highest BCUT2D eigenvalue weighted by atomic mass is 32.2. The number of likely N-dealkylation sites (tertiary alicyclic amines) is 1. The number of rotatable bonds is 13. The van der Waals surface area contributed by atoms with Gasteiger partial charge in [-0.1, -0.05) is 70.4 Å². The second-order valence-electron chi connectivity index (χ2n) is 9.21. The number of allylic oxidation sites excluding steroid dienone is 8. The van der Waals surface area contributed by atoms with Crippen LogP contribution >= 0.6 is 11.8 Å². The lowest BCUT2D eigenvalue weighted by atomic mass is 10.0. The molecule has 0 amide bonds. The summed E-state index contributed by atoms with van der Waals surface area (Å²) in [4.78, 5) is 3.26. The third kappa shape index (κ3) is 14.4. The molecule has 0 aromatic rings. The molecular weight excluding hydrogens is 523 g/mol. The number of halogens is 3. The first-order valence-electron chi connectivity index (χ1n) is 13.5. The lowest BCUT2D eigenvalue weighted by Crippen LogP contribution is -2.38. The maximum absolute atomic E-state index is 12.9. The second-order valence-corrected chi connectivity index (χ2v) is 10.3. The lowest BCUT2D eigenvalue weighted by Gasteiger charge is -2.26. The van der Waals surface area contributed by atoms with Crippen LogP contribution in [0.1, 0.15) is 60.8 Å². The number of thioether (sulfide) groups is 1. The van der Waals surface area contributed by atoms with Crippen LogP contribution in [0.3, 0.4) is 0 Å². The number of ether oxygens (including phenoxy) is 1. The highest BCUT2D eigenvalue weighted by Gasteiger charge is 2.30. The Morgan fingerprint density at radius 3 is 2.26 bits per heavy atom. The van der Waals surface area contributed by atoms with Crippen LogP contribution in [-0.4, -0.2) is 65.2 Å². The minimum atomic E-state index is -4.45. The molecule has 0 spiro atoms. The molecule has 0 aromatic carbocycles. The fourth-order valence-corrected chi connectivity index (χ4v) is 4.66. The minimum Gasteiger partial charge on any atom is -0.366 e. The summed E-state index contributed by atoms with van der Waals surface area (Å²) in [5, 5.41) is 18.8. The Hall–Kier alpha value is -1.84. The zero-order valence-corrected chi connectivity index (χ0v) is 25.3. The second kappa shape index (κ2) is 19.3. The molecule has 1 fully saturated rings. The van der Waals surface area contributed by atoms with E-state index in [0.717, 1.165) is 54.8 Å². The summed E-state index contributed by atoms with van der Waals surface area (Å²) < 4.78 is 44.2. The first-order valence-corrected chi connectivity index (χ1v) is 14.5. The molecule has 8 heteroatoms. The topological polar surface area (TPSA) is 52.9 Å². The van der Waals surface area contributed by atoms with Crippen LogP contribution in [0.4, 0.5) is 13.2 Å². The van der Waals surface area contributed by atoms with Crippen LogP contribution in [0.2, 0.25) is 0 Å². The maximum atomic E-state index is 12.9. The molecule has 1 heterocycles. The van der Waals surface area contributed by atoms with Gasteiger partial charge >= 0.3 is 6.18 Å². The predicted octanol–water partition coefficient (Wildman–Crippen LogP) is 7.90. The van der Waals surface area contributed by atoms with Gasteiger partial charge in [-0.05, 0) is 62.8 Å². The molecule has 0 saturated carbocycles. The Bertz CT molecular complexity index is 913. The number of alkyl halides is 3. The van der Waals surface area contributed by atoms with Crippen LogP contribution in [-0.2, 0) is 4.74 Å². The van der Waals surface area contributed by atoms with Crippen LogP contribution in [0, 0.1) is 0 Å². The van der Waals surface area contributed by atoms with Crippen molar-refractivity contribution in [2.45, 2.75) is 78.9 Å². The Labute approximate surface area is 238 Å². The molecule has 0 radical (unpaired) electrons. The van der Waals surface area contributed by atoms with E-state index >= 15 is 0 Å². The van der Waals surface area contributed by atoms with Crippen molar-refractivity contribution in [1.29, 1.82) is 0 Å². The van der Waals surface area contributed by atoms with Gasteiger partial charge in [0.1, 0.15) is 5.60 Å².